The highest BCUT2D eigenvalue weighted by molar-refractivity contribution is 9.10. The summed E-state index contributed by atoms with van der Waals surface area (Å²) in [5.74, 6) is 0. The van der Waals surface area contributed by atoms with Crippen LogP contribution in [0.15, 0.2) is 38.7 Å². The Balaban J connectivity index is 2.27. The van der Waals surface area contributed by atoms with Crippen LogP contribution in [0.1, 0.15) is 30.7 Å². The molecule has 108 valence electrons. The summed E-state index contributed by atoms with van der Waals surface area (Å²) in [5.41, 5.74) is 6.80. The Kier molecular flexibility index (Phi) is 5.06. The number of aromatic amines is 1. The zero-order chi connectivity index (χ0) is 14.7. The zero-order valence-corrected chi connectivity index (χ0v) is 13.7. The molecule has 2 aromatic rings. The molecule has 0 aliphatic rings. The quantitative estimate of drug-likeness (QED) is 0.807. The summed E-state index contributed by atoms with van der Waals surface area (Å²) < 4.78 is 2.67. The van der Waals surface area contributed by atoms with Gasteiger partial charge in [-0.3, -0.25) is 4.57 Å². The molecule has 7 heteroatoms. The van der Waals surface area contributed by atoms with Gasteiger partial charge in [0.25, 0.3) is 0 Å². The second kappa shape index (κ2) is 6.60. The van der Waals surface area contributed by atoms with E-state index in [4.69, 9.17) is 5.73 Å². The largest absolute Gasteiger partial charge is 0.344 e. The Morgan fingerprint density at radius 3 is 2.60 bits per heavy atom. The molecule has 1 heterocycles. The molecule has 0 fully saturated rings. The lowest BCUT2D eigenvalue weighted by Gasteiger charge is -2.16. The van der Waals surface area contributed by atoms with Crippen LogP contribution in [-0.4, -0.2) is 21.3 Å². The van der Waals surface area contributed by atoms with Crippen LogP contribution in [0.2, 0.25) is 0 Å². The number of hydrogen-bond donors (Lipinski definition) is 2. The second-order valence-corrected chi connectivity index (χ2v) is 6.75. The van der Waals surface area contributed by atoms with Gasteiger partial charge in [0.15, 0.2) is 5.16 Å². The summed E-state index contributed by atoms with van der Waals surface area (Å²) in [6.45, 7) is 4.39. The lowest BCUT2D eigenvalue weighted by atomic mass is 10.1. The molecule has 0 aliphatic carbocycles. The number of thioether (sulfide) groups is 1. The molecule has 0 amide bonds. The third-order valence-corrected chi connectivity index (χ3v) is 4.67. The fourth-order valence-corrected chi connectivity index (χ4v) is 3.30. The average molecular weight is 357 g/mol. The highest BCUT2D eigenvalue weighted by atomic mass is 79.9. The van der Waals surface area contributed by atoms with E-state index in [-0.39, 0.29) is 17.0 Å². The highest BCUT2D eigenvalue weighted by Gasteiger charge is 2.18. The zero-order valence-electron chi connectivity index (χ0n) is 11.3. The van der Waals surface area contributed by atoms with Gasteiger partial charge in [0.1, 0.15) is 0 Å². The van der Waals surface area contributed by atoms with Crippen LogP contribution in [0.4, 0.5) is 0 Å². The van der Waals surface area contributed by atoms with Crippen molar-refractivity contribution in [2.24, 2.45) is 5.73 Å². The summed E-state index contributed by atoms with van der Waals surface area (Å²) in [4.78, 5) is 11.7. The van der Waals surface area contributed by atoms with Crippen molar-refractivity contribution < 1.29 is 0 Å². The van der Waals surface area contributed by atoms with Crippen LogP contribution in [0.25, 0.3) is 0 Å². The van der Waals surface area contributed by atoms with E-state index in [1.54, 1.807) is 4.57 Å². The maximum atomic E-state index is 11.7. The lowest BCUT2D eigenvalue weighted by molar-refractivity contribution is 0.533. The maximum Gasteiger partial charge on any atom is 0.344 e. The van der Waals surface area contributed by atoms with E-state index in [0.717, 1.165) is 10.0 Å². The Hall–Kier alpha value is -1.05. The van der Waals surface area contributed by atoms with E-state index in [0.29, 0.717) is 11.7 Å². The van der Waals surface area contributed by atoms with E-state index in [1.807, 2.05) is 38.1 Å². The molecule has 0 saturated heterocycles. The summed E-state index contributed by atoms with van der Waals surface area (Å²) in [6.07, 6.45) is 0. The van der Waals surface area contributed by atoms with E-state index in [1.165, 1.54) is 11.8 Å². The van der Waals surface area contributed by atoms with Gasteiger partial charge in [-0.15, -0.1) is 5.10 Å². The van der Waals surface area contributed by atoms with Gasteiger partial charge < -0.3 is 5.73 Å². The van der Waals surface area contributed by atoms with Crippen LogP contribution in [-0.2, 0) is 0 Å². The molecular formula is C13H17BrN4OS. The number of nitrogens with two attached hydrogens (primary N) is 1. The summed E-state index contributed by atoms with van der Waals surface area (Å²) >= 11 is 4.92. The minimum Gasteiger partial charge on any atom is -0.329 e. The van der Waals surface area contributed by atoms with Crippen molar-refractivity contribution in [3.05, 3.63) is 44.8 Å². The third-order valence-electron chi connectivity index (χ3n) is 2.89. The molecule has 2 rings (SSSR count). The van der Waals surface area contributed by atoms with Crippen molar-refractivity contribution in [3.63, 3.8) is 0 Å². The highest BCUT2D eigenvalue weighted by Crippen LogP contribution is 2.33. The predicted molar refractivity (Wildman–Crippen MR) is 85.0 cm³/mol. The number of benzene rings is 1. The summed E-state index contributed by atoms with van der Waals surface area (Å²) in [7, 11) is 0. The van der Waals surface area contributed by atoms with Gasteiger partial charge in [-0.25, -0.2) is 9.89 Å². The number of rotatable bonds is 5. The second-order valence-electron chi connectivity index (χ2n) is 4.67. The molecule has 1 atom stereocenters. The van der Waals surface area contributed by atoms with Crippen LogP contribution >= 0.6 is 27.7 Å². The molecule has 0 bridgehead atoms. The number of nitrogens with zero attached hydrogens (tertiary/aromatic N) is 2. The van der Waals surface area contributed by atoms with Crippen molar-refractivity contribution in [1.29, 1.82) is 0 Å². The molecule has 0 radical (unpaired) electrons. The number of aromatic nitrogens is 3. The first-order valence-corrected chi connectivity index (χ1v) is 7.99. The molecule has 1 unspecified atom stereocenters. The van der Waals surface area contributed by atoms with Crippen molar-refractivity contribution in [2.45, 2.75) is 30.3 Å². The van der Waals surface area contributed by atoms with E-state index >= 15 is 0 Å². The minimum absolute atomic E-state index is 0.0621. The first kappa shape index (κ1) is 15.3. The van der Waals surface area contributed by atoms with Crippen molar-refractivity contribution in [2.75, 3.05) is 6.54 Å². The molecule has 1 aromatic heterocycles. The van der Waals surface area contributed by atoms with Crippen LogP contribution in [0.3, 0.4) is 0 Å². The van der Waals surface area contributed by atoms with Crippen molar-refractivity contribution in [3.8, 4) is 0 Å². The summed E-state index contributed by atoms with van der Waals surface area (Å²) in [5, 5.41) is 7.32. The standard InChI is InChI=1S/C13H17BrN4OS/c1-8(2)18-12(19)16-17-13(18)20-11(7-15)9-3-5-10(14)6-4-9/h3-6,8,11H,7,15H2,1-2H3,(H,16,19). The molecule has 0 aliphatic heterocycles. The van der Waals surface area contributed by atoms with Gasteiger partial charge in [0.2, 0.25) is 0 Å². The predicted octanol–water partition coefficient (Wildman–Crippen LogP) is 2.71. The SMILES string of the molecule is CC(C)n1c(SC(CN)c2ccc(Br)cc2)n[nH]c1=O. The number of H-pyrrole nitrogens is 1. The molecule has 5 nitrogen and oxygen atoms in total. The van der Waals surface area contributed by atoms with Gasteiger partial charge in [-0.1, -0.05) is 39.8 Å². The van der Waals surface area contributed by atoms with Gasteiger partial charge in [0, 0.05) is 22.3 Å². The van der Waals surface area contributed by atoms with Gasteiger partial charge >= 0.3 is 5.69 Å². The van der Waals surface area contributed by atoms with Gasteiger partial charge in [0.05, 0.1) is 0 Å². The fraction of sp³-hybridized carbons (Fsp3) is 0.385. The Bertz CT molecular complexity index is 620. The number of hydrogen-bond acceptors (Lipinski definition) is 4. The molecule has 3 N–H and O–H groups in total. The van der Waals surface area contributed by atoms with E-state index < -0.39 is 0 Å². The molecule has 0 spiro atoms. The topological polar surface area (TPSA) is 76.7 Å². The Morgan fingerprint density at radius 2 is 2.05 bits per heavy atom. The molecular weight excluding hydrogens is 340 g/mol. The smallest absolute Gasteiger partial charge is 0.329 e. The number of nitrogens with one attached hydrogen (secondary N) is 1. The normalized spacial score (nSPS) is 12.8. The number of halogens is 1. The maximum absolute atomic E-state index is 11.7. The summed E-state index contributed by atoms with van der Waals surface area (Å²) in [6, 6.07) is 8.09. The van der Waals surface area contributed by atoms with Crippen molar-refractivity contribution >= 4 is 27.7 Å². The molecule has 20 heavy (non-hydrogen) atoms. The van der Waals surface area contributed by atoms with E-state index in [2.05, 4.69) is 26.1 Å². The fourth-order valence-electron chi connectivity index (χ4n) is 1.89. The minimum atomic E-state index is -0.186. The average Bonchev–Trinajstić information content (AvgIpc) is 2.78. The first-order valence-electron chi connectivity index (χ1n) is 6.32. The van der Waals surface area contributed by atoms with Gasteiger partial charge in [-0.05, 0) is 31.5 Å². The van der Waals surface area contributed by atoms with E-state index in [9.17, 15) is 4.79 Å². The molecule has 1 aromatic carbocycles. The molecule has 0 saturated carbocycles. The Labute approximate surface area is 130 Å². The van der Waals surface area contributed by atoms with Crippen molar-refractivity contribution in [1.82, 2.24) is 14.8 Å². The lowest BCUT2D eigenvalue weighted by Crippen LogP contribution is -2.20. The van der Waals surface area contributed by atoms with Gasteiger partial charge in [-0.2, -0.15) is 0 Å². The monoisotopic (exact) mass is 356 g/mol. The first-order chi connectivity index (χ1) is 9.52. The third kappa shape index (κ3) is 3.34. The van der Waals surface area contributed by atoms with Crippen LogP contribution in [0, 0.1) is 0 Å². The van der Waals surface area contributed by atoms with Crippen LogP contribution in [0.5, 0.6) is 0 Å². The Morgan fingerprint density at radius 1 is 1.40 bits per heavy atom. The van der Waals surface area contributed by atoms with Crippen LogP contribution < -0.4 is 11.4 Å².